The topological polar surface area (TPSA) is 351 Å². The highest BCUT2D eigenvalue weighted by atomic mass is 35.5. The van der Waals surface area contributed by atoms with Crippen molar-refractivity contribution in [2.24, 2.45) is 0 Å². The van der Waals surface area contributed by atoms with Gasteiger partial charge in [-0.3, -0.25) is 40.5 Å². The lowest BCUT2D eigenvalue weighted by Crippen LogP contribution is -2.31. The molecule has 0 radical (unpaired) electrons. The van der Waals surface area contributed by atoms with Crippen LogP contribution in [0.15, 0.2) is 200 Å². The molecule has 0 aliphatic carbocycles. The van der Waals surface area contributed by atoms with Gasteiger partial charge in [-0.2, -0.15) is 40.7 Å². The molecule has 41 heteroatoms. The molecule has 0 spiro atoms. The molecule has 24 nitrogen and oxygen atoms in total. The number of halogens is 16. The number of nitrogen functional groups attached to an aromatic ring is 1. The number of rotatable bonds is 17. The monoisotopic (exact) mass is 1580 g/mol. The van der Waals surface area contributed by atoms with Crippen LogP contribution in [0.2, 0.25) is 15.7 Å². The van der Waals surface area contributed by atoms with Crippen molar-refractivity contribution in [2.75, 3.05) is 11.1 Å². The van der Waals surface area contributed by atoms with Crippen LogP contribution in [-0.4, -0.2) is 61.9 Å². The molecule has 0 aliphatic heterocycles. The van der Waals surface area contributed by atoms with Crippen molar-refractivity contribution in [2.45, 2.75) is 32.6 Å². The molecule has 0 saturated carbocycles. The second-order valence-corrected chi connectivity index (χ2v) is 21.5. The zero-order valence-corrected chi connectivity index (χ0v) is 56.3. The van der Waals surface area contributed by atoms with Crippen molar-refractivity contribution >= 4 is 87.3 Å². The average molecular weight is 1580 g/mol. The van der Waals surface area contributed by atoms with Gasteiger partial charge in [-0.15, -0.1) is 0 Å². The molecule has 0 aliphatic rings. The number of nitrogens with zero attached hydrogens (tertiary/aromatic N) is 8. The molecule has 0 saturated heterocycles. The number of aromatic nitrogens is 4. The number of aliphatic hydroxyl groups is 1. The molecule has 564 valence electrons. The van der Waals surface area contributed by atoms with Gasteiger partial charge in [-0.25, -0.2) is 36.3 Å². The van der Waals surface area contributed by atoms with E-state index < -0.39 is 136 Å². The maximum Gasteiger partial charge on any atom is 0.488 e. The van der Waals surface area contributed by atoms with E-state index in [4.69, 9.17) is 69.9 Å². The molecule has 2 heterocycles. The quantitative estimate of drug-likeness (QED) is 0.0107. The van der Waals surface area contributed by atoms with E-state index in [1.54, 1.807) is 36.4 Å². The van der Waals surface area contributed by atoms with Gasteiger partial charge in [0, 0.05) is 48.5 Å². The third-order valence-electron chi connectivity index (χ3n) is 12.8. The Hall–Kier alpha value is -12.4. The molecule has 108 heavy (non-hydrogen) atoms. The molecular formula is C67H47BCl3F13N10O14. The van der Waals surface area contributed by atoms with Gasteiger partial charge in [-0.05, 0) is 63.1 Å². The summed E-state index contributed by atoms with van der Waals surface area (Å²) in [5.41, 5.74) is 2.21. The lowest BCUT2D eigenvalue weighted by Gasteiger charge is -2.11. The van der Waals surface area contributed by atoms with Gasteiger partial charge in [0.05, 0.1) is 31.9 Å². The van der Waals surface area contributed by atoms with Crippen LogP contribution < -0.4 is 30.7 Å². The van der Waals surface area contributed by atoms with Crippen LogP contribution in [0.25, 0.3) is 0 Å². The van der Waals surface area contributed by atoms with E-state index in [0.717, 1.165) is 77.1 Å². The van der Waals surface area contributed by atoms with Gasteiger partial charge in [-0.1, -0.05) is 139 Å². The molecule has 0 amide bonds. The number of nitrogens with one attached hydrogen (secondary N) is 1. The number of benzene rings is 9. The summed E-state index contributed by atoms with van der Waals surface area (Å²) in [6.45, 7) is 0.640. The molecule has 11 rings (SSSR count). The summed E-state index contributed by atoms with van der Waals surface area (Å²) >= 11 is 16.2. The maximum absolute atomic E-state index is 14.3. The molecule has 0 fully saturated rings. The summed E-state index contributed by atoms with van der Waals surface area (Å²) < 4.78 is 183. The number of aliphatic hydroxyl groups excluding tert-OH is 1. The minimum atomic E-state index is -4.84. The Labute approximate surface area is 614 Å². The fourth-order valence-electron chi connectivity index (χ4n) is 7.79. The number of anilines is 3. The lowest BCUT2D eigenvalue weighted by molar-refractivity contribution is -0.390. The van der Waals surface area contributed by atoms with Gasteiger partial charge in [0.25, 0.3) is 0 Å². The molecule has 6 N–H and O–H groups in total. The molecule has 9 aromatic carbocycles. The van der Waals surface area contributed by atoms with Crippen molar-refractivity contribution in [3.63, 3.8) is 0 Å². The summed E-state index contributed by atoms with van der Waals surface area (Å²) in [4.78, 5) is 51.5. The maximum atomic E-state index is 14.3. The summed E-state index contributed by atoms with van der Waals surface area (Å²) in [6, 6.07) is 44.9. The normalized spacial score (nSPS) is 10.3. The molecule has 11 aromatic rings. The Balaban J connectivity index is 0.000000233. The van der Waals surface area contributed by atoms with Gasteiger partial charge >= 0.3 is 36.0 Å². The van der Waals surface area contributed by atoms with Crippen molar-refractivity contribution in [1.82, 2.24) is 19.9 Å². The standard InChI is InChI=1S/C17H11ClF2N4O3.C13H9F2NO3.C13H11F2NO.C7H5BF4O2.C7H8O.C6H2F3NO2.C4HCl2N3O2/c18-17-21-8-14(24(25)26)16(23-17)22-15-12(19)6-11(7-13(15)20)27-9-10-4-2-1-3-5-10;14-11-6-10(7-12(15)13(11)16(17)18)19-8-9-4-2-1-3-5-9;14-11-6-10(7-12(15)13(11)16)17-8-9-4-2-1-3-5-9;9-6-2-1-4(8(13)14)3-5(6)7(10,11)12;8-6-7-4-2-1-3-5-7;7-3-1-4(8)6(10(11)12)5(9)2-3;5-3-2(9(10)11)1-7-4(6)8-3/h1-8H,9H2,(H,21,22,23);1-7H,8H2;1-7H,8,16H2;1-3,13-14H;1-5,8H,6H2;1-2H;1H. The van der Waals surface area contributed by atoms with E-state index in [2.05, 4.69) is 25.3 Å². The number of nitro benzene ring substituents is 2. The third kappa shape index (κ3) is 27.9. The Kier molecular flexibility index (Phi) is 33.5. The van der Waals surface area contributed by atoms with Crippen LogP contribution in [-0.2, 0) is 32.6 Å². The molecule has 0 bridgehead atoms. The number of nitro groups is 4. The third-order valence-corrected chi connectivity index (χ3v) is 13.5. The smallest absolute Gasteiger partial charge is 0.488 e. The van der Waals surface area contributed by atoms with Crippen LogP contribution in [0.3, 0.4) is 0 Å². The highest BCUT2D eigenvalue weighted by Gasteiger charge is 2.35. The van der Waals surface area contributed by atoms with Crippen molar-refractivity contribution in [3.05, 3.63) is 343 Å². The van der Waals surface area contributed by atoms with E-state index in [0.29, 0.717) is 12.1 Å². The zero-order valence-electron chi connectivity index (χ0n) is 54.0. The van der Waals surface area contributed by atoms with Crippen molar-refractivity contribution < 1.29 is 106 Å². The van der Waals surface area contributed by atoms with E-state index >= 15 is 0 Å². The first-order valence-corrected chi connectivity index (χ1v) is 30.5. The van der Waals surface area contributed by atoms with Crippen LogP contribution in [0, 0.1) is 98.6 Å². The Morgan fingerprint density at radius 1 is 0.454 bits per heavy atom. The lowest BCUT2D eigenvalue weighted by atomic mass is 9.79. The number of alkyl halides is 3. The Morgan fingerprint density at radius 2 is 0.806 bits per heavy atom. The number of hydrogen-bond acceptors (Lipinski definition) is 20. The van der Waals surface area contributed by atoms with Crippen LogP contribution >= 0.6 is 34.8 Å². The largest absolute Gasteiger partial charge is 0.489 e. The first kappa shape index (κ1) is 86.3. The highest BCUT2D eigenvalue weighted by Crippen LogP contribution is 2.34. The molecular weight excluding hydrogens is 1530 g/mol. The van der Waals surface area contributed by atoms with Crippen molar-refractivity contribution in [3.8, 4) is 17.2 Å². The molecule has 0 atom stereocenters. The molecule has 2 aromatic heterocycles. The number of ether oxygens (including phenoxy) is 3. The number of nitrogens with two attached hydrogens (primary N) is 1. The summed E-state index contributed by atoms with van der Waals surface area (Å²) in [7, 11) is -2.04. The highest BCUT2D eigenvalue weighted by molar-refractivity contribution is 6.58. The fourth-order valence-corrected chi connectivity index (χ4v) is 8.30. The Morgan fingerprint density at radius 3 is 1.15 bits per heavy atom. The second-order valence-electron chi connectivity index (χ2n) is 20.4. The minimum Gasteiger partial charge on any atom is -0.489 e. The van der Waals surface area contributed by atoms with Gasteiger partial charge in [0.2, 0.25) is 44.8 Å². The summed E-state index contributed by atoms with van der Waals surface area (Å²) in [6.07, 6.45) is -3.04. The van der Waals surface area contributed by atoms with Gasteiger partial charge in [0.15, 0.2) is 23.3 Å². The summed E-state index contributed by atoms with van der Waals surface area (Å²) in [5, 5.41) is 68.8. The minimum absolute atomic E-state index is 0.0328. The van der Waals surface area contributed by atoms with E-state index in [-0.39, 0.29) is 77.2 Å². The van der Waals surface area contributed by atoms with Crippen LogP contribution in [0.1, 0.15) is 27.8 Å². The second kappa shape index (κ2) is 42.0. The van der Waals surface area contributed by atoms with Gasteiger partial charge in [0.1, 0.15) is 72.5 Å². The van der Waals surface area contributed by atoms with Crippen LogP contribution in [0.4, 0.5) is 97.0 Å². The molecule has 0 unspecified atom stereocenters. The van der Waals surface area contributed by atoms with Crippen molar-refractivity contribution in [1.29, 1.82) is 0 Å². The van der Waals surface area contributed by atoms with Crippen LogP contribution in [0.5, 0.6) is 17.2 Å². The fraction of sp³-hybridized carbons (Fsp3) is 0.0746. The SMILES string of the molecule is Nc1c(F)cc(OCc2ccccc2)cc1F.O=[N+]([O-])c1c(F)cc(F)cc1F.O=[N+]([O-])c1c(F)cc(OCc2ccccc2)cc1F.O=[N+]([O-])c1cnc(Cl)nc1Cl.O=[N+]([O-])c1cnc(Cl)nc1Nc1c(F)cc(OCc2ccccc2)cc1F.OB(O)c1ccc(F)c(C(F)(F)F)c1.OCc1ccccc1. The average Bonchev–Trinajstić information content (AvgIpc) is 0.826. The predicted molar refractivity (Wildman–Crippen MR) is 365 cm³/mol. The zero-order chi connectivity index (χ0) is 79.9. The first-order valence-electron chi connectivity index (χ1n) is 29.4. The van der Waals surface area contributed by atoms with E-state index in [9.17, 15) is 97.5 Å². The Bertz CT molecular complexity index is 4780. The van der Waals surface area contributed by atoms with Gasteiger partial charge < -0.3 is 40.4 Å². The number of hydrogen-bond donors (Lipinski definition) is 5. The first-order chi connectivity index (χ1) is 51.1. The van der Waals surface area contributed by atoms with E-state index in [1.807, 2.05) is 84.9 Å². The summed E-state index contributed by atoms with van der Waals surface area (Å²) in [5.74, 6) is -12.3. The predicted octanol–water partition coefficient (Wildman–Crippen LogP) is 16.6. The van der Waals surface area contributed by atoms with E-state index in [1.165, 1.54) is 0 Å².